The monoisotopic (exact) mass is 178 g/mol. The SMILES string of the molecule is Cc1cc(C#CC(N)=O)cnc1F. The zero-order valence-electron chi connectivity index (χ0n) is 6.97. The Morgan fingerprint density at radius 3 is 2.92 bits per heavy atom. The van der Waals surface area contributed by atoms with E-state index in [4.69, 9.17) is 5.73 Å². The predicted molar refractivity (Wildman–Crippen MR) is 45.0 cm³/mol. The summed E-state index contributed by atoms with van der Waals surface area (Å²) in [5, 5.41) is 0. The molecule has 0 aliphatic heterocycles. The van der Waals surface area contributed by atoms with Gasteiger partial charge in [0.25, 0.3) is 5.91 Å². The lowest BCUT2D eigenvalue weighted by Crippen LogP contribution is -2.06. The quantitative estimate of drug-likeness (QED) is 0.460. The molecule has 1 aromatic heterocycles. The summed E-state index contributed by atoms with van der Waals surface area (Å²) < 4.78 is 12.6. The number of rotatable bonds is 0. The number of halogens is 1. The molecule has 0 bridgehead atoms. The van der Waals surface area contributed by atoms with Gasteiger partial charge < -0.3 is 5.73 Å². The molecule has 0 aliphatic rings. The van der Waals surface area contributed by atoms with E-state index in [1.54, 1.807) is 6.92 Å². The standard InChI is InChI=1S/C9H7FN2O/c1-6-4-7(2-3-8(11)13)5-12-9(6)10/h4-5H,1H3,(H2,11,13). The van der Waals surface area contributed by atoms with Gasteiger partial charge >= 0.3 is 0 Å². The topological polar surface area (TPSA) is 56.0 Å². The van der Waals surface area contributed by atoms with Crippen LogP contribution in [0.5, 0.6) is 0 Å². The normalized spacial score (nSPS) is 8.77. The highest BCUT2D eigenvalue weighted by Gasteiger charge is 1.97. The summed E-state index contributed by atoms with van der Waals surface area (Å²) in [6.45, 7) is 1.57. The van der Waals surface area contributed by atoms with Crippen molar-refractivity contribution < 1.29 is 9.18 Å². The van der Waals surface area contributed by atoms with Gasteiger partial charge in [0.1, 0.15) is 0 Å². The molecule has 3 nitrogen and oxygen atoms in total. The van der Waals surface area contributed by atoms with Crippen molar-refractivity contribution in [1.82, 2.24) is 4.98 Å². The Morgan fingerprint density at radius 1 is 1.69 bits per heavy atom. The number of hydrogen-bond donors (Lipinski definition) is 1. The molecule has 0 saturated carbocycles. The van der Waals surface area contributed by atoms with Gasteiger partial charge in [0.05, 0.1) is 0 Å². The fraction of sp³-hybridized carbons (Fsp3) is 0.111. The maximum atomic E-state index is 12.6. The highest BCUT2D eigenvalue weighted by atomic mass is 19.1. The number of aryl methyl sites for hydroxylation is 1. The lowest BCUT2D eigenvalue weighted by Gasteiger charge is -1.94. The second-order valence-electron chi connectivity index (χ2n) is 2.45. The average Bonchev–Trinajstić information content (AvgIpc) is 2.07. The van der Waals surface area contributed by atoms with Crippen molar-refractivity contribution in [3.63, 3.8) is 0 Å². The fourth-order valence-corrected chi connectivity index (χ4v) is 0.760. The van der Waals surface area contributed by atoms with E-state index in [0.29, 0.717) is 11.1 Å². The van der Waals surface area contributed by atoms with Crippen LogP contribution in [0, 0.1) is 24.7 Å². The van der Waals surface area contributed by atoms with E-state index in [1.165, 1.54) is 12.3 Å². The molecule has 0 radical (unpaired) electrons. The maximum Gasteiger partial charge on any atom is 0.293 e. The smallest absolute Gasteiger partial charge is 0.293 e. The third kappa shape index (κ3) is 2.56. The molecule has 0 aliphatic carbocycles. The molecule has 0 fully saturated rings. The molecular weight excluding hydrogens is 171 g/mol. The Bertz CT molecular complexity index is 404. The number of nitrogens with zero attached hydrogens (tertiary/aromatic N) is 1. The van der Waals surface area contributed by atoms with Crippen LogP contribution in [0.2, 0.25) is 0 Å². The minimum absolute atomic E-state index is 0.385. The molecule has 66 valence electrons. The van der Waals surface area contributed by atoms with Crippen LogP contribution in [-0.2, 0) is 4.79 Å². The number of pyridine rings is 1. The molecule has 13 heavy (non-hydrogen) atoms. The van der Waals surface area contributed by atoms with Crippen molar-refractivity contribution in [2.24, 2.45) is 5.73 Å². The van der Waals surface area contributed by atoms with Crippen LogP contribution in [0.4, 0.5) is 4.39 Å². The van der Waals surface area contributed by atoms with Gasteiger partial charge in [-0.1, -0.05) is 5.92 Å². The van der Waals surface area contributed by atoms with Crippen LogP contribution in [0.25, 0.3) is 0 Å². The van der Waals surface area contributed by atoms with Gasteiger partial charge in [-0.05, 0) is 13.0 Å². The second kappa shape index (κ2) is 3.68. The van der Waals surface area contributed by atoms with E-state index in [9.17, 15) is 9.18 Å². The van der Waals surface area contributed by atoms with Crippen LogP contribution < -0.4 is 5.73 Å². The van der Waals surface area contributed by atoms with Gasteiger partial charge in [0.2, 0.25) is 5.95 Å². The molecule has 1 aromatic rings. The number of carbonyl (C=O) groups excluding carboxylic acids is 1. The fourth-order valence-electron chi connectivity index (χ4n) is 0.760. The Kier molecular flexibility index (Phi) is 2.60. The average molecular weight is 178 g/mol. The van der Waals surface area contributed by atoms with Gasteiger partial charge in [0.15, 0.2) is 0 Å². The Hall–Kier alpha value is -1.89. The summed E-state index contributed by atoms with van der Waals surface area (Å²) in [6.07, 6.45) is 1.25. The molecule has 0 spiro atoms. The molecule has 0 saturated heterocycles. The number of amides is 1. The first-order chi connectivity index (χ1) is 6.09. The summed E-state index contributed by atoms with van der Waals surface area (Å²) in [4.78, 5) is 13.7. The highest BCUT2D eigenvalue weighted by molar-refractivity contribution is 5.92. The molecule has 1 amide bonds. The molecule has 4 heteroatoms. The molecule has 0 unspecified atom stereocenters. The lowest BCUT2D eigenvalue weighted by molar-refractivity contribution is -0.112. The van der Waals surface area contributed by atoms with E-state index in [1.807, 2.05) is 0 Å². The Labute approximate surface area is 74.8 Å². The number of hydrogen-bond acceptors (Lipinski definition) is 2. The van der Waals surface area contributed by atoms with Crippen molar-refractivity contribution in [2.75, 3.05) is 0 Å². The van der Waals surface area contributed by atoms with E-state index in [0.717, 1.165) is 0 Å². The van der Waals surface area contributed by atoms with Crippen molar-refractivity contribution in [3.8, 4) is 11.8 Å². The number of carbonyl (C=O) groups is 1. The van der Waals surface area contributed by atoms with Gasteiger partial charge in [-0.2, -0.15) is 4.39 Å². The first-order valence-electron chi connectivity index (χ1n) is 3.53. The van der Waals surface area contributed by atoms with Gasteiger partial charge in [-0.25, -0.2) is 4.98 Å². The molecule has 1 heterocycles. The maximum absolute atomic E-state index is 12.6. The van der Waals surface area contributed by atoms with Crippen molar-refractivity contribution in [2.45, 2.75) is 6.92 Å². The third-order valence-corrected chi connectivity index (χ3v) is 1.34. The number of primary amides is 1. The molecular formula is C9H7FN2O. The Balaban J connectivity index is 3.00. The largest absolute Gasteiger partial charge is 0.359 e. The Morgan fingerprint density at radius 2 is 2.38 bits per heavy atom. The van der Waals surface area contributed by atoms with Crippen LogP contribution in [0.3, 0.4) is 0 Å². The lowest BCUT2D eigenvalue weighted by atomic mass is 10.2. The van der Waals surface area contributed by atoms with Crippen molar-refractivity contribution in [3.05, 3.63) is 29.3 Å². The minimum atomic E-state index is -0.720. The van der Waals surface area contributed by atoms with Crippen LogP contribution in [0.1, 0.15) is 11.1 Å². The zero-order valence-corrected chi connectivity index (χ0v) is 6.97. The molecule has 0 aromatic carbocycles. The number of aromatic nitrogens is 1. The minimum Gasteiger partial charge on any atom is -0.359 e. The first kappa shape index (κ1) is 9.20. The van der Waals surface area contributed by atoms with Crippen molar-refractivity contribution in [1.29, 1.82) is 0 Å². The number of nitrogens with two attached hydrogens (primary N) is 1. The summed E-state index contributed by atoms with van der Waals surface area (Å²) in [7, 11) is 0. The predicted octanol–water partition coefficient (Wildman–Crippen LogP) is 0.366. The van der Waals surface area contributed by atoms with Crippen LogP contribution >= 0.6 is 0 Å². The van der Waals surface area contributed by atoms with E-state index in [2.05, 4.69) is 16.8 Å². The summed E-state index contributed by atoms with van der Waals surface area (Å²) in [5.74, 6) is 3.34. The van der Waals surface area contributed by atoms with E-state index < -0.39 is 11.9 Å². The van der Waals surface area contributed by atoms with Gasteiger partial charge in [-0.3, -0.25) is 4.79 Å². The summed E-state index contributed by atoms with van der Waals surface area (Å²) in [6, 6.07) is 1.50. The first-order valence-corrected chi connectivity index (χ1v) is 3.53. The van der Waals surface area contributed by atoms with Crippen LogP contribution in [0.15, 0.2) is 12.3 Å². The highest BCUT2D eigenvalue weighted by Crippen LogP contribution is 2.04. The molecule has 0 atom stereocenters. The zero-order chi connectivity index (χ0) is 9.84. The van der Waals surface area contributed by atoms with Gasteiger partial charge in [0, 0.05) is 23.2 Å². The van der Waals surface area contributed by atoms with E-state index >= 15 is 0 Å². The summed E-state index contributed by atoms with van der Waals surface area (Å²) >= 11 is 0. The molecule has 2 N–H and O–H groups in total. The van der Waals surface area contributed by atoms with Gasteiger partial charge in [-0.15, -0.1) is 0 Å². The molecule has 1 rings (SSSR count). The third-order valence-electron chi connectivity index (χ3n) is 1.34. The second-order valence-corrected chi connectivity index (χ2v) is 2.45. The van der Waals surface area contributed by atoms with E-state index in [-0.39, 0.29) is 0 Å². The van der Waals surface area contributed by atoms with Crippen LogP contribution in [-0.4, -0.2) is 10.9 Å². The van der Waals surface area contributed by atoms with Crippen molar-refractivity contribution >= 4 is 5.91 Å². The summed E-state index contributed by atoms with van der Waals surface area (Å²) in [5.41, 5.74) is 5.66.